The SMILES string of the molecule is CC(C)NC(=O)CNc1ccccc1C#N. The minimum Gasteiger partial charge on any atom is -0.375 e. The third-order valence-corrected chi connectivity index (χ3v) is 1.94. The van der Waals surface area contributed by atoms with E-state index in [-0.39, 0.29) is 18.5 Å². The number of hydrogen-bond donors (Lipinski definition) is 2. The zero-order valence-corrected chi connectivity index (χ0v) is 9.45. The number of amides is 1. The predicted octanol–water partition coefficient (Wildman–Crippen LogP) is 1.49. The maximum Gasteiger partial charge on any atom is 0.239 e. The van der Waals surface area contributed by atoms with E-state index in [1.807, 2.05) is 19.9 Å². The first-order valence-corrected chi connectivity index (χ1v) is 5.16. The van der Waals surface area contributed by atoms with Crippen LogP contribution in [-0.4, -0.2) is 18.5 Å². The highest BCUT2D eigenvalue weighted by molar-refractivity contribution is 5.81. The normalized spacial score (nSPS) is 9.62. The van der Waals surface area contributed by atoms with Gasteiger partial charge >= 0.3 is 0 Å². The van der Waals surface area contributed by atoms with Crippen molar-refractivity contribution in [2.45, 2.75) is 19.9 Å². The third-order valence-electron chi connectivity index (χ3n) is 1.94. The van der Waals surface area contributed by atoms with Gasteiger partial charge in [0.1, 0.15) is 6.07 Å². The van der Waals surface area contributed by atoms with E-state index in [4.69, 9.17) is 5.26 Å². The lowest BCUT2D eigenvalue weighted by Gasteiger charge is -2.10. The van der Waals surface area contributed by atoms with Crippen LogP contribution in [0.5, 0.6) is 0 Å². The first-order chi connectivity index (χ1) is 7.63. The molecule has 0 heterocycles. The first-order valence-electron chi connectivity index (χ1n) is 5.16. The fraction of sp³-hybridized carbons (Fsp3) is 0.333. The van der Waals surface area contributed by atoms with Crippen LogP contribution in [-0.2, 0) is 4.79 Å². The maximum atomic E-state index is 11.4. The highest BCUT2D eigenvalue weighted by Crippen LogP contribution is 2.12. The molecule has 84 valence electrons. The highest BCUT2D eigenvalue weighted by atomic mass is 16.1. The lowest BCUT2D eigenvalue weighted by molar-refractivity contribution is -0.119. The topological polar surface area (TPSA) is 64.9 Å². The van der Waals surface area contributed by atoms with Gasteiger partial charge in [-0.3, -0.25) is 4.79 Å². The van der Waals surface area contributed by atoms with Crippen LogP contribution in [0.15, 0.2) is 24.3 Å². The molecule has 0 fully saturated rings. The van der Waals surface area contributed by atoms with Crippen LogP contribution in [0.2, 0.25) is 0 Å². The molecular formula is C12H15N3O. The van der Waals surface area contributed by atoms with E-state index in [1.54, 1.807) is 18.2 Å². The molecule has 0 aromatic heterocycles. The van der Waals surface area contributed by atoms with Crippen LogP contribution in [0, 0.1) is 11.3 Å². The van der Waals surface area contributed by atoms with Gasteiger partial charge in [-0.15, -0.1) is 0 Å². The fourth-order valence-corrected chi connectivity index (χ4v) is 1.28. The Balaban J connectivity index is 2.55. The van der Waals surface area contributed by atoms with Gasteiger partial charge < -0.3 is 10.6 Å². The Morgan fingerprint density at radius 1 is 1.44 bits per heavy atom. The molecular weight excluding hydrogens is 202 g/mol. The van der Waals surface area contributed by atoms with Crippen molar-refractivity contribution in [3.63, 3.8) is 0 Å². The van der Waals surface area contributed by atoms with Crippen molar-refractivity contribution in [1.29, 1.82) is 5.26 Å². The predicted molar refractivity (Wildman–Crippen MR) is 62.9 cm³/mol. The van der Waals surface area contributed by atoms with Crippen LogP contribution in [0.4, 0.5) is 5.69 Å². The van der Waals surface area contributed by atoms with Crippen LogP contribution in [0.25, 0.3) is 0 Å². The summed E-state index contributed by atoms with van der Waals surface area (Å²) in [6.07, 6.45) is 0. The molecule has 4 heteroatoms. The Labute approximate surface area is 95.3 Å². The molecule has 0 spiro atoms. The minimum atomic E-state index is -0.0808. The van der Waals surface area contributed by atoms with Gasteiger partial charge in [-0.2, -0.15) is 5.26 Å². The van der Waals surface area contributed by atoms with Crippen molar-refractivity contribution in [2.24, 2.45) is 0 Å². The van der Waals surface area contributed by atoms with E-state index in [0.717, 1.165) is 0 Å². The number of para-hydroxylation sites is 1. The number of carbonyl (C=O) groups excluding carboxylic acids is 1. The molecule has 0 aliphatic rings. The van der Waals surface area contributed by atoms with Gasteiger partial charge in [0.15, 0.2) is 0 Å². The summed E-state index contributed by atoms with van der Waals surface area (Å²) in [6, 6.07) is 9.29. The molecule has 0 saturated carbocycles. The summed E-state index contributed by atoms with van der Waals surface area (Å²) in [5, 5.41) is 14.5. The molecule has 16 heavy (non-hydrogen) atoms. The van der Waals surface area contributed by atoms with Crippen molar-refractivity contribution in [3.05, 3.63) is 29.8 Å². The summed E-state index contributed by atoms with van der Waals surface area (Å²) >= 11 is 0. The molecule has 1 aromatic rings. The lowest BCUT2D eigenvalue weighted by atomic mass is 10.2. The van der Waals surface area contributed by atoms with Gasteiger partial charge in [-0.25, -0.2) is 0 Å². The van der Waals surface area contributed by atoms with E-state index < -0.39 is 0 Å². The Morgan fingerprint density at radius 3 is 2.75 bits per heavy atom. The quantitative estimate of drug-likeness (QED) is 0.803. The Kier molecular flexibility index (Phi) is 4.34. The average Bonchev–Trinajstić information content (AvgIpc) is 2.26. The number of nitrogens with one attached hydrogen (secondary N) is 2. The molecule has 0 radical (unpaired) electrons. The van der Waals surface area contributed by atoms with Gasteiger partial charge in [-0.05, 0) is 26.0 Å². The Hall–Kier alpha value is -2.02. The summed E-state index contributed by atoms with van der Waals surface area (Å²) in [7, 11) is 0. The van der Waals surface area contributed by atoms with Crippen molar-refractivity contribution < 1.29 is 4.79 Å². The number of carbonyl (C=O) groups is 1. The van der Waals surface area contributed by atoms with E-state index in [1.165, 1.54) is 0 Å². The van der Waals surface area contributed by atoms with Crippen molar-refractivity contribution in [3.8, 4) is 6.07 Å². The van der Waals surface area contributed by atoms with Crippen molar-refractivity contribution in [2.75, 3.05) is 11.9 Å². The largest absolute Gasteiger partial charge is 0.375 e. The standard InChI is InChI=1S/C12H15N3O/c1-9(2)15-12(16)8-14-11-6-4-3-5-10(11)7-13/h3-6,9,14H,8H2,1-2H3,(H,15,16). The maximum absolute atomic E-state index is 11.4. The molecule has 0 aliphatic carbocycles. The molecule has 0 atom stereocenters. The number of benzene rings is 1. The van der Waals surface area contributed by atoms with Gasteiger partial charge in [0.2, 0.25) is 5.91 Å². The lowest BCUT2D eigenvalue weighted by Crippen LogP contribution is -2.34. The zero-order valence-electron chi connectivity index (χ0n) is 9.45. The molecule has 0 unspecified atom stereocenters. The van der Waals surface area contributed by atoms with E-state index >= 15 is 0 Å². The second-order valence-electron chi connectivity index (χ2n) is 3.73. The first kappa shape index (κ1) is 12.1. The van der Waals surface area contributed by atoms with Gasteiger partial charge in [0.25, 0.3) is 0 Å². The smallest absolute Gasteiger partial charge is 0.239 e. The van der Waals surface area contributed by atoms with Crippen molar-refractivity contribution >= 4 is 11.6 Å². The monoisotopic (exact) mass is 217 g/mol. The van der Waals surface area contributed by atoms with Crippen molar-refractivity contribution in [1.82, 2.24) is 5.32 Å². The second kappa shape index (κ2) is 5.76. The summed E-state index contributed by atoms with van der Waals surface area (Å²) in [5.41, 5.74) is 1.23. The van der Waals surface area contributed by atoms with E-state index in [0.29, 0.717) is 11.3 Å². The van der Waals surface area contributed by atoms with Crippen LogP contribution < -0.4 is 10.6 Å². The van der Waals surface area contributed by atoms with E-state index in [2.05, 4.69) is 16.7 Å². The summed E-state index contributed by atoms with van der Waals surface area (Å²) in [5.74, 6) is -0.0808. The fourth-order valence-electron chi connectivity index (χ4n) is 1.28. The molecule has 2 N–H and O–H groups in total. The third kappa shape index (κ3) is 3.62. The summed E-state index contributed by atoms with van der Waals surface area (Å²) in [4.78, 5) is 11.4. The summed E-state index contributed by atoms with van der Waals surface area (Å²) < 4.78 is 0. The average molecular weight is 217 g/mol. The molecule has 0 aliphatic heterocycles. The number of nitriles is 1. The number of anilines is 1. The molecule has 1 rings (SSSR count). The van der Waals surface area contributed by atoms with Gasteiger partial charge in [0.05, 0.1) is 17.8 Å². The van der Waals surface area contributed by atoms with Crippen LogP contribution in [0.1, 0.15) is 19.4 Å². The zero-order chi connectivity index (χ0) is 12.0. The second-order valence-corrected chi connectivity index (χ2v) is 3.73. The Bertz CT molecular complexity index is 407. The minimum absolute atomic E-state index is 0.0808. The van der Waals surface area contributed by atoms with E-state index in [9.17, 15) is 4.79 Å². The number of hydrogen-bond acceptors (Lipinski definition) is 3. The van der Waals surface area contributed by atoms with Crippen LogP contribution in [0.3, 0.4) is 0 Å². The molecule has 0 bridgehead atoms. The summed E-state index contributed by atoms with van der Waals surface area (Å²) in [6.45, 7) is 3.99. The van der Waals surface area contributed by atoms with Gasteiger partial charge in [0, 0.05) is 6.04 Å². The van der Waals surface area contributed by atoms with Gasteiger partial charge in [-0.1, -0.05) is 12.1 Å². The highest BCUT2D eigenvalue weighted by Gasteiger charge is 2.04. The molecule has 4 nitrogen and oxygen atoms in total. The molecule has 1 aromatic carbocycles. The molecule has 1 amide bonds. The number of nitrogens with zero attached hydrogens (tertiary/aromatic N) is 1. The van der Waals surface area contributed by atoms with Crippen LogP contribution >= 0.6 is 0 Å². The Morgan fingerprint density at radius 2 is 2.12 bits per heavy atom. The molecule has 0 saturated heterocycles. The number of rotatable bonds is 4.